The van der Waals surface area contributed by atoms with Gasteiger partial charge >= 0.3 is 0 Å². The average Bonchev–Trinajstić information content (AvgIpc) is 3.27. The van der Waals surface area contributed by atoms with Crippen LogP contribution in [0.15, 0.2) is 6.20 Å². The van der Waals surface area contributed by atoms with Crippen molar-refractivity contribution in [3.05, 3.63) is 11.9 Å². The molecule has 0 unspecified atom stereocenters. The van der Waals surface area contributed by atoms with Crippen LogP contribution in [0.1, 0.15) is 62.4 Å². The zero-order chi connectivity index (χ0) is 14.8. The van der Waals surface area contributed by atoms with Crippen molar-refractivity contribution >= 4 is 11.6 Å². The largest absolute Gasteiger partial charge is 0.396 e. The molecule has 0 aliphatic heterocycles. The smallest absolute Gasteiger partial charge is 0.274 e. The van der Waals surface area contributed by atoms with Crippen molar-refractivity contribution in [3.63, 3.8) is 0 Å². The lowest BCUT2D eigenvalue weighted by Gasteiger charge is -2.30. The zero-order valence-electron chi connectivity index (χ0n) is 12.9. The summed E-state index contributed by atoms with van der Waals surface area (Å²) in [6, 6.07) is 0.430. The Bertz CT molecular complexity index is 500. The summed E-state index contributed by atoms with van der Waals surface area (Å²) in [5.41, 5.74) is 7.07. The number of aryl methyl sites for hydroxylation is 1. The van der Waals surface area contributed by atoms with Gasteiger partial charge in [0.25, 0.3) is 5.91 Å². The number of aromatic nitrogens is 2. The maximum absolute atomic E-state index is 12.9. The van der Waals surface area contributed by atoms with Crippen molar-refractivity contribution < 1.29 is 4.79 Å². The predicted octanol–water partition coefficient (Wildman–Crippen LogP) is 2.67. The normalized spacial score (nSPS) is 19.7. The first kappa shape index (κ1) is 14.4. The molecule has 0 atom stereocenters. The second-order valence-corrected chi connectivity index (χ2v) is 6.46. The molecule has 2 fully saturated rings. The quantitative estimate of drug-likeness (QED) is 0.906. The van der Waals surface area contributed by atoms with Crippen LogP contribution in [0.2, 0.25) is 0 Å². The van der Waals surface area contributed by atoms with Crippen LogP contribution < -0.4 is 5.73 Å². The van der Waals surface area contributed by atoms with Gasteiger partial charge in [0.1, 0.15) is 5.69 Å². The number of nitrogen functional groups attached to an aromatic ring is 1. The van der Waals surface area contributed by atoms with E-state index >= 15 is 0 Å². The molecule has 0 bridgehead atoms. The second-order valence-electron chi connectivity index (χ2n) is 6.46. The molecule has 1 aromatic rings. The predicted molar refractivity (Wildman–Crippen MR) is 82.9 cm³/mol. The van der Waals surface area contributed by atoms with Crippen LogP contribution in [0.25, 0.3) is 0 Å². The Morgan fingerprint density at radius 3 is 2.67 bits per heavy atom. The molecule has 1 aromatic heterocycles. The van der Waals surface area contributed by atoms with E-state index in [9.17, 15) is 4.79 Å². The molecule has 5 heteroatoms. The van der Waals surface area contributed by atoms with Crippen LogP contribution in [0.4, 0.5) is 5.69 Å². The highest BCUT2D eigenvalue weighted by Crippen LogP contribution is 2.33. The number of carbonyl (C=O) groups is 1. The highest BCUT2D eigenvalue weighted by molar-refractivity contribution is 5.97. The number of carbonyl (C=O) groups excluding carboxylic acids is 1. The van der Waals surface area contributed by atoms with Gasteiger partial charge in [-0.2, -0.15) is 5.10 Å². The molecule has 2 saturated carbocycles. The Hall–Kier alpha value is -1.52. The van der Waals surface area contributed by atoms with E-state index in [0.717, 1.165) is 19.4 Å². The first-order valence-corrected chi connectivity index (χ1v) is 8.33. The van der Waals surface area contributed by atoms with E-state index in [1.165, 1.54) is 32.1 Å². The number of hydrogen-bond donors (Lipinski definition) is 1. The molecular weight excluding hydrogens is 264 g/mol. The van der Waals surface area contributed by atoms with Gasteiger partial charge in [0.2, 0.25) is 0 Å². The fourth-order valence-corrected chi connectivity index (χ4v) is 3.44. The van der Waals surface area contributed by atoms with Gasteiger partial charge in [0.15, 0.2) is 0 Å². The van der Waals surface area contributed by atoms with Crippen molar-refractivity contribution in [2.24, 2.45) is 5.92 Å². The van der Waals surface area contributed by atoms with Crippen LogP contribution in [0, 0.1) is 5.92 Å². The zero-order valence-corrected chi connectivity index (χ0v) is 12.9. The van der Waals surface area contributed by atoms with Crippen LogP contribution in [0.5, 0.6) is 0 Å². The van der Waals surface area contributed by atoms with Gasteiger partial charge in [-0.05, 0) is 38.5 Å². The minimum absolute atomic E-state index is 0.0833. The van der Waals surface area contributed by atoms with E-state index in [-0.39, 0.29) is 5.91 Å². The van der Waals surface area contributed by atoms with Crippen LogP contribution in [-0.2, 0) is 6.54 Å². The van der Waals surface area contributed by atoms with Crippen molar-refractivity contribution in [2.45, 2.75) is 64.5 Å². The summed E-state index contributed by atoms with van der Waals surface area (Å²) in [5, 5.41) is 4.21. The lowest BCUT2D eigenvalue weighted by atomic mass is 9.89. The van der Waals surface area contributed by atoms with E-state index in [1.54, 1.807) is 10.9 Å². The number of amides is 1. The molecule has 2 N–H and O–H groups in total. The standard InChI is InChI=1S/C16H26N4O/c1-2-20-15(14(17)10-18-20)16(21)19(13-8-9-13)11-12-6-4-3-5-7-12/h10,12-13H,2-9,11,17H2,1H3. The molecule has 21 heavy (non-hydrogen) atoms. The molecule has 1 amide bonds. The number of nitrogens with two attached hydrogens (primary N) is 1. The van der Waals surface area contributed by atoms with Crippen molar-refractivity contribution in [1.29, 1.82) is 0 Å². The highest BCUT2D eigenvalue weighted by Gasteiger charge is 2.36. The monoisotopic (exact) mass is 290 g/mol. The third kappa shape index (κ3) is 3.06. The summed E-state index contributed by atoms with van der Waals surface area (Å²) in [4.78, 5) is 15.0. The Balaban J connectivity index is 1.76. The van der Waals surface area contributed by atoms with E-state index in [2.05, 4.69) is 10.00 Å². The van der Waals surface area contributed by atoms with Crippen LogP contribution in [-0.4, -0.2) is 33.2 Å². The third-order valence-corrected chi connectivity index (χ3v) is 4.80. The summed E-state index contributed by atoms with van der Waals surface area (Å²) >= 11 is 0. The van der Waals surface area contributed by atoms with Crippen molar-refractivity contribution in [3.8, 4) is 0 Å². The average molecular weight is 290 g/mol. The number of rotatable bonds is 5. The summed E-state index contributed by atoms with van der Waals surface area (Å²) in [6.45, 7) is 3.57. The fraction of sp³-hybridized carbons (Fsp3) is 0.750. The molecule has 0 radical (unpaired) electrons. The Morgan fingerprint density at radius 1 is 1.33 bits per heavy atom. The molecule has 2 aliphatic carbocycles. The maximum atomic E-state index is 12.9. The lowest BCUT2D eigenvalue weighted by Crippen LogP contribution is -2.39. The summed E-state index contributed by atoms with van der Waals surface area (Å²) in [5.74, 6) is 0.752. The molecular formula is C16H26N4O. The minimum Gasteiger partial charge on any atom is -0.396 e. The number of hydrogen-bond acceptors (Lipinski definition) is 3. The lowest BCUT2D eigenvalue weighted by molar-refractivity contribution is 0.0687. The van der Waals surface area contributed by atoms with Crippen molar-refractivity contribution in [2.75, 3.05) is 12.3 Å². The Labute approximate surface area is 126 Å². The van der Waals surface area contributed by atoms with Crippen LogP contribution >= 0.6 is 0 Å². The summed E-state index contributed by atoms with van der Waals surface area (Å²) < 4.78 is 1.73. The summed E-state index contributed by atoms with van der Waals surface area (Å²) in [6.07, 6.45) is 10.4. The molecule has 116 valence electrons. The topological polar surface area (TPSA) is 64.2 Å². The highest BCUT2D eigenvalue weighted by atomic mass is 16.2. The molecule has 0 saturated heterocycles. The van der Waals surface area contributed by atoms with Gasteiger partial charge in [0.05, 0.1) is 11.9 Å². The van der Waals surface area contributed by atoms with E-state index in [0.29, 0.717) is 29.9 Å². The number of nitrogens with zero attached hydrogens (tertiary/aromatic N) is 3. The molecule has 0 aromatic carbocycles. The van der Waals surface area contributed by atoms with Crippen LogP contribution in [0.3, 0.4) is 0 Å². The van der Waals surface area contributed by atoms with Gasteiger partial charge in [-0.25, -0.2) is 0 Å². The molecule has 5 nitrogen and oxygen atoms in total. The van der Waals surface area contributed by atoms with Crippen molar-refractivity contribution in [1.82, 2.24) is 14.7 Å². The maximum Gasteiger partial charge on any atom is 0.274 e. The Morgan fingerprint density at radius 2 is 2.05 bits per heavy atom. The van der Waals surface area contributed by atoms with Gasteiger partial charge in [-0.15, -0.1) is 0 Å². The molecule has 2 aliphatic rings. The SMILES string of the molecule is CCn1ncc(N)c1C(=O)N(CC1CCCCC1)C1CC1. The molecule has 0 spiro atoms. The summed E-state index contributed by atoms with van der Waals surface area (Å²) in [7, 11) is 0. The first-order valence-electron chi connectivity index (χ1n) is 8.33. The van der Waals surface area contributed by atoms with Gasteiger partial charge in [0, 0.05) is 19.1 Å². The third-order valence-electron chi connectivity index (χ3n) is 4.80. The Kier molecular flexibility index (Phi) is 4.17. The van der Waals surface area contributed by atoms with Gasteiger partial charge in [-0.1, -0.05) is 19.3 Å². The second kappa shape index (κ2) is 6.08. The molecule has 1 heterocycles. The van der Waals surface area contributed by atoms with E-state index < -0.39 is 0 Å². The van der Waals surface area contributed by atoms with Gasteiger partial charge < -0.3 is 10.6 Å². The fourth-order valence-electron chi connectivity index (χ4n) is 3.44. The molecule has 3 rings (SSSR count). The van der Waals surface area contributed by atoms with E-state index in [4.69, 9.17) is 5.73 Å². The van der Waals surface area contributed by atoms with E-state index in [1.807, 2.05) is 6.92 Å². The first-order chi connectivity index (χ1) is 10.2. The number of anilines is 1. The van der Waals surface area contributed by atoms with Gasteiger partial charge in [-0.3, -0.25) is 9.48 Å². The minimum atomic E-state index is 0.0833.